The lowest BCUT2D eigenvalue weighted by Crippen LogP contribution is -2.18. The van der Waals surface area contributed by atoms with E-state index in [4.69, 9.17) is 9.15 Å². The molecule has 1 aromatic heterocycles. The van der Waals surface area contributed by atoms with Gasteiger partial charge in [0.2, 0.25) is 0 Å². The molecule has 1 aliphatic rings. The number of benzene rings is 2. The Labute approximate surface area is 159 Å². The number of hydrogen-bond donors (Lipinski definition) is 0. The van der Waals surface area contributed by atoms with Crippen LogP contribution >= 0.6 is 0 Å². The predicted octanol–water partition coefficient (Wildman–Crippen LogP) is 4.31. The van der Waals surface area contributed by atoms with Crippen LogP contribution in [0.1, 0.15) is 35.6 Å². The van der Waals surface area contributed by atoms with Gasteiger partial charge in [-0.15, -0.1) is 0 Å². The molecular weight excluding hydrogens is 338 g/mol. The molecule has 0 bridgehead atoms. The first kappa shape index (κ1) is 17.8. The monoisotopic (exact) mass is 363 g/mol. The zero-order valence-electron chi connectivity index (χ0n) is 16.0. The highest BCUT2D eigenvalue weighted by molar-refractivity contribution is 5.82. The van der Waals surface area contributed by atoms with E-state index in [1.165, 1.54) is 23.1 Å². The van der Waals surface area contributed by atoms with Crippen molar-refractivity contribution in [2.75, 3.05) is 13.7 Å². The number of fused-ring (bicyclic) bond motifs is 2. The Hall–Kier alpha value is -2.59. The third-order valence-electron chi connectivity index (χ3n) is 5.17. The molecule has 0 saturated heterocycles. The second kappa shape index (κ2) is 7.57. The molecule has 1 heterocycles. The highest BCUT2D eigenvalue weighted by Gasteiger charge is 2.16. The summed E-state index contributed by atoms with van der Waals surface area (Å²) in [5.41, 5.74) is 5.41. The lowest BCUT2D eigenvalue weighted by atomic mass is 10.0. The minimum absolute atomic E-state index is 0.273. The first-order valence-electron chi connectivity index (χ1n) is 9.61. The predicted molar refractivity (Wildman–Crippen MR) is 107 cm³/mol. The molecule has 0 N–H and O–H groups in total. The van der Waals surface area contributed by atoms with E-state index in [0.717, 1.165) is 36.1 Å². The Morgan fingerprint density at radius 2 is 1.78 bits per heavy atom. The van der Waals surface area contributed by atoms with Crippen molar-refractivity contribution in [2.24, 2.45) is 0 Å². The number of hydrogen-bond acceptors (Lipinski definition) is 4. The van der Waals surface area contributed by atoms with Gasteiger partial charge >= 0.3 is 5.63 Å². The van der Waals surface area contributed by atoms with Crippen molar-refractivity contribution in [1.29, 1.82) is 0 Å². The molecule has 1 aliphatic carbocycles. The average molecular weight is 363 g/mol. The molecule has 3 aromatic rings. The molecular formula is C23H25NO3. The second-order valence-corrected chi connectivity index (χ2v) is 7.31. The molecule has 4 rings (SSSR count). The largest absolute Gasteiger partial charge is 0.494 e. The van der Waals surface area contributed by atoms with Gasteiger partial charge in [0.15, 0.2) is 0 Å². The van der Waals surface area contributed by atoms with Gasteiger partial charge in [-0.2, -0.15) is 0 Å². The molecule has 0 spiro atoms. The number of ether oxygens (including phenoxy) is 1. The average Bonchev–Trinajstić information content (AvgIpc) is 3.09. The van der Waals surface area contributed by atoms with Crippen LogP contribution in [0.2, 0.25) is 0 Å². The van der Waals surface area contributed by atoms with E-state index >= 15 is 0 Å². The zero-order chi connectivity index (χ0) is 18.8. The topological polar surface area (TPSA) is 42.7 Å². The molecule has 4 nitrogen and oxygen atoms in total. The van der Waals surface area contributed by atoms with Crippen LogP contribution in [0.5, 0.6) is 5.75 Å². The zero-order valence-corrected chi connectivity index (χ0v) is 16.0. The van der Waals surface area contributed by atoms with E-state index in [9.17, 15) is 4.79 Å². The molecule has 4 heteroatoms. The van der Waals surface area contributed by atoms with Crippen LogP contribution in [0, 0.1) is 0 Å². The van der Waals surface area contributed by atoms with E-state index in [-0.39, 0.29) is 5.63 Å². The van der Waals surface area contributed by atoms with Gasteiger partial charge in [0.1, 0.15) is 11.3 Å². The third-order valence-corrected chi connectivity index (χ3v) is 5.17. The van der Waals surface area contributed by atoms with Gasteiger partial charge < -0.3 is 9.15 Å². The number of nitrogens with zero attached hydrogens (tertiary/aromatic N) is 1. The van der Waals surface area contributed by atoms with E-state index in [1.807, 2.05) is 19.1 Å². The maximum Gasteiger partial charge on any atom is 0.336 e. The highest BCUT2D eigenvalue weighted by Crippen LogP contribution is 2.29. The summed E-state index contributed by atoms with van der Waals surface area (Å²) in [5.74, 6) is 0.893. The molecule has 0 atom stereocenters. The molecule has 27 heavy (non-hydrogen) atoms. The Morgan fingerprint density at radius 3 is 2.52 bits per heavy atom. The highest BCUT2D eigenvalue weighted by atomic mass is 16.5. The standard InChI is InChI=1S/C23H25NO3/c1-3-26-20-9-7-16(8-10-20)14-24(2)15-19-13-23(25)27-22-12-18-6-4-5-17(18)11-21(19)22/h7-13H,3-6,14-15H2,1-2H3. The third kappa shape index (κ3) is 3.91. The summed E-state index contributed by atoms with van der Waals surface area (Å²) < 4.78 is 11.0. The van der Waals surface area contributed by atoms with Gasteiger partial charge in [-0.05, 0) is 79.8 Å². The molecule has 0 aliphatic heterocycles. The van der Waals surface area contributed by atoms with Crippen molar-refractivity contribution >= 4 is 11.0 Å². The maximum atomic E-state index is 12.0. The fourth-order valence-corrected chi connectivity index (χ4v) is 3.94. The lowest BCUT2D eigenvalue weighted by Gasteiger charge is -2.18. The molecule has 0 fully saturated rings. The van der Waals surface area contributed by atoms with E-state index < -0.39 is 0 Å². The number of rotatable bonds is 6. The second-order valence-electron chi connectivity index (χ2n) is 7.31. The SMILES string of the molecule is CCOc1ccc(CN(C)Cc2cc(=O)oc3cc4c(cc23)CCC4)cc1. The first-order chi connectivity index (χ1) is 13.1. The quantitative estimate of drug-likeness (QED) is 0.612. The Bertz CT molecular complexity index is 1000. The Balaban J connectivity index is 1.56. The first-order valence-corrected chi connectivity index (χ1v) is 9.61. The van der Waals surface area contributed by atoms with E-state index in [1.54, 1.807) is 6.07 Å². The summed E-state index contributed by atoms with van der Waals surface area (Å²) in [6.45, 7) is 4.16. The normalized spacial score (nSPS) is 13.3. The summed E-state index contributed by atoms with van der Waals surface area (Å²) in [6.07, 6.45) is 3.38. The van der Waals surface area contributed by atoms with Gasteiger partial charge in [0.25, 0.3) is 0 Å². The van der Waals surface area contributed by atoms with Crippen LogP contribution in [0.4, 0.5) is 0 Å². The van der Waals surface area contributed by atoms with Crippen LogP contribution in [0.25, 0.3) is 11.0 Å². The molecule has 0 saturated carbocycles. The Kier molecular flexibility index (Phi) is 4.99. The minimum atomic E-state index is -0.273. The summed E-state index contributed by atoms with van der Waals surface area (Å²) in [5, 5.41) is 1.06. The van der Waals surface area contributed by atoms with Gasteiger partial charge in [0.05, 0.1) is 6.61 Å². The van der Waals surface area contributed by atoms with Crippen molar-refractivity contribution in [2.45, 2.75) is 39.3 Å². The van der Waals surface area contributed by atoms with Gasteiger partial charge in [-0.3, -0.25) is 4.90 Å². The minimum Gasteiger partial charge on any atom is -0.494 e. The maximum absolute atomic E-state index is 12.0. The molecule has 0 radical (unpaired) electrons. The Morgan fingerprint density at radius 1 is 1.04 bits per heavy atom. The summed E-state index contributed by atoms with van der Waals surface area (Å²) in [6, 6.07) is 14.1. The molecule has 0 amide bonds. The van der Waals surface area contributed by atoms with Crippen molar-refractivity contribution in [3.63, 3.8) is 0 Å². The van der Waals surface area contributed by atoms with Gasteiger partial charge in [-0.25, -0.2) is 4.79 Å². The van der Waals surface area contributed by atoms with Gasteiger partial charge in [0, 0.05) is 24.5 Å². The van der Waals surface area contributed by atoms with Crippen LogP contribution in [0.3, 0.4) is 0 Å². The fourth-order valence-electron chi connectivity index (χ4n) is 3.94. The van der Waals surface area contributed by atoms with Crippen molar-refractivity contribution in [1.82, 2.24) is 4.90 Å². The lowest BCUT2D eigenvalue weighted by molar-refractivity contribution is 0.318. The van der Waals surface area contributed by atoms with Gasteiger partial charge in [-0.1, -0.05) is 12.1 Å². The molecule has 0 unspecified atom stereocenters. The van der Waals surface area contributed by atoms with Crippen LogP contribution in [-0.4, -0.2) is 18.6 Å². The smallest absolute Gasteiger partial charge is 0.336 e. The van der Waals surface area contributed by atoms with Crippen LogP contribution in [-0.2, 0) is 25.9 Å². The van der Waals surface area contributed by atoms with Crippen molar-refractivity contribution < 1.29 is 9.15 Å². The van der Waals surface area contributed by atoms with Crippen molar-refractivity contribution in [3.05, 3.63) is 75.1 Å². The molecule has 140 valence electrons. The summed E-state index contributed by atoms with van der Waals surface area (Å²) in [4.78, 5) is 14.3. The van der Waals surface area contributed by atoms with Crippen LogP contribution in [0.15, 0.2) is 51.7 Å². The van der Waals surface area contributed by atoms with E-state index in [2.05, 4.69) is 36.2 Å². The van der Waals surface area contributed by atoms with E-state index in [0.29, 0.717) is 18.7 Å². The summed E-state index contributed by atoms with van der Waals surface area (Å²) in [7, 11) is 2.07. The van der Waals surface area contributed by atoms with Crippen molar-refractivity contribution in [3.8, 4) is 5.75 Å². The van der Waals surface area contributed by atoms with Crippen LogP contribution < -0.4 is 10.4 Å². The summed E-state index contributed by atoms with van der Waals surface area (Å²) >= 11 is 0. The fraction of sp³-hybridized carbons (Fsp3) is 0.348. The molecule has 2 aromatic carbocycles. The number of aryl methyl sites for hydroxylation is 2.